The van der Waals surface area contributed by atoms with Crippen LogP contribution in [0, 0.1) is 0 Å². The highest BCUT2D eigenvalue weighted by molar-refractivity contribution is 7.99. The molecule has 0 bridgehead atoms. The smallest absolute Gasteiger partial charge is 0.335 e. The Morgan fingerprint density at radius 3 is 2.43 bits per heavy atom. The van der Waals surface area contributed by atoms with Crippen molar-refractivity contribution in [3.05, 3.63) is 35.4 Å². The molecular formula is C16H23NO3S. The van der Waals surface area contributed by atoms with Crippen molar-refractivity contribution in [3.8, 4) is 0 Å². The number of rotatable bonds is 8. The van der Waals surface area contributed by atoms with E-state index in [9.17, 15) is 9.59 Å². The maximum absolute atomic E-state index is 12.2. The molecule has 116 valence electrons. The van der Waals surface area contributed by atoms with Gasteiger partial charge in [-0.1, -0.05) is 19.1 Å². The van der Waals surface area contributed by atoms with Crippen LogP contribution in [0.5, 0.6) is 0 Å². The summed E-state index contributed by atoms with van der Waals surface area (Å²) in [6, 6.07) is 6.69. The van der Waals surface area contributed by atoms with Gasteiger partial charge in [0.1, 0.15) is 0 Å². The van der Waals surface area contributed by atoms with Crippen molar-refractivity contribution in [1.82, 2.24) is 4.90 Å². The van der Waals surface area contributed by atoms with Gasteiger partial charge in [-0.05, 0) is 42.5 Å². The first-order chi connectivity index (χ1) is 9.95. The van der Waals surface area contributed by atoms with Gasteiger partial charge in [-0.25, -0.2) is 4.79 Å². The van der Waals surface area contributed by atoms with Crippen molar-refractivity contribution in [2.24, 2.45) is 0 Å². The standard InChI is InChI=1S/C16H23NO3S/c1-4-21-10-9-12(2)17(3)15(18)11-13-5-7-14(8-6-13)16(19)20/h5-8,12H,4,9-11H2,1-3H3,(H,19,20). The minimum atomic E-state index is -0.952. The number of nitrogens with zero attached hydrogens (tertiary/aromatic N) is 1. The highest BCUT2D eigenvalue weighted by atomic mass is 32.2. The maximum atomic E-state index is 12.2. The van der Waals surface area contributed by atoms with Crippen molar-refractivity contribution in [2.75, 3.05) is 18.6 Å². The zero-order valence-electron chi connectivity index (χ0n) is 12.8. The Labute approximate surface area is 130 Å². The van der Waals surface area contributed by atoms with Gasteiger partial charge in [0, 0.05) is 13.1 Å². The second-order valence-corrected chi connectivity index (χ2v) is 6.41. The van der Waals surface area contributed by atoms with E-state index in [-0.39, 0.29) is 17.5 Å². The third-order valence-corrected chi connectivity index (χ3v) is 4.43. The predicted octanol–water partition coefficient (Wildman–Crippen LogP) is 2.92. The van der Waals surface area contributed by atoms with Gasteiger partial charge in [0.05, 0.1) is 12.0 Å². The second-order valence-electron chi connectivity index (χ2n) is 5.02. The molecule has 0 aromatic heterocycles. The number of hydrogen-bond donors (Lipinski definition) is 1. The van der Waals surface area contributed by atoms with E-state index < -0.39 is 5.97 Å². The van der Waals surface area contributed by atoms with Crippen LogP contribution < -0.4 is 0 Å². The summed E-state index contributed by atoms with van der Waals surface area (Å²) in [5.74, 6) is 1.27. The molecule has 21 heavy (non-hydrogen) atoms. The number of thioether (sulfide) groups is 1. The van der Waals surface area contributed by atoms with Gasteiger partial charge in [0.2, 0.25) is 5.91 Å². The second kappa shape index (κ2) is 8.72. The number of carbonyl (C=O) groups excluding carboxylic acids is 1. The normalized spacial score (nSPS) is 12.0. The largest absolute Gasteiger partial charge is 0.478 e. The number of hydrogen-bond acceptors (Lipinski definition) is 3. The summed E-state index contributed by atoms with van der Waals surface area (Å²) in [6.07, 6.45) is 1.29. The topological polar surface area (TPSA) is 57.6 Å². The first-order valence-electron chi connectivity index (χ1n) is 7.11. The van der Waals surface area contributed by atoms with Crippen molar-refractivity contribution in [1.29, 1.82) is 0 Å². The van der Waals surface area contributed by atoms with E-state index >= 15 is 0 Å². The van der Waals surface area contributed by atoms with Crippen molar-refractivity contribution < 1.29 is 14.7 Å². The van der Waals surface area contributed by atoms with E-state index in [1.54, 1.807) is 17.0 Å². The van der Waals surface area contributed by atoms with E-state index in [2.05, 4.69) is 13.8 Å². The number of aromatic carboxylic acids is 1. The maximum Gasteiger partial charge on any atom is 0.335 e. The molecule has 1 amide bonds. The lowest BCUT2D eigenvalue weighted by Crippen LogP contribution is -2.36. The van der Waals surface area contributed by atoms with E-state index in [0.717, 1.165) is 23.5 Å². The summed E-state index contributed by atoms with van der Waals surface area (Å²) in [6.45, 7) is 4.19. The third-order valence-electron chi connectivity index (χ3n) is 3.49. The first-order valence-corrected chi connectivity index (χ1v) is 8.26. The van der Waals surface area contributed by atoms with Crippen LogP contribution in [-0.4, -0.2) is 46.5 Å². The summed E-state index contributed by atoms with van der Waals surface area (Å²) >= 11 is 1.88. The molecule has 5 heteroatoms. The Morgan fingerprint density at radius 2 is 1.90 bits per heavy atom. The molecule has 1 atom stereocenters. The number of carboxylic acids is 1. The average molecular weight is 309 g/mol. The van der Waals surface area contributed by atoms with Crippen LogP contribution in [0.25, 0.3) is 0 Å². The molecule has 1 rings (SSSR count). The number of benzene rings is 1. The summed E-state index contributed by atoms with van der Waals surface area (Å²) in [5.41, 5.74) is 1.08. The quantitative estimate of drug-likeness (QED) is 0.750. The van der Waals surface area contributed by atoms with Crippen LogP contribution >= 0.6 is 11.8 Å². The molecule has 0 aliphatic rings. The molecule has 0 fully saturated rings. The minimum absolute atomic E-state index is 0.0621. The Bertz CT molecular complexity index is 473. The summed E-state index contributed by atoms with van der Waals surface area (Å²) in [5, 5.41) is 8.84. The Morgan fingerprint density at radius 1 is 1.29 bits per heavy atom. The molecule has 0 radical (unpaired) electrons. The van der Waals surface area contributed by atoms with E-state index in [1.807, 2.05) is 18.8 Å². The van der Waals surface area contributed by atoms with E-state index in [1.165, 1.54) is 12.1 Å². The van der Waals surface area contributed by atoms with Gasteiger partial charge in [-0.3, -0.25) is 4.79 Å². The van der Waals surface area contributed by atoms with Gasteiger partial charge in [-0.2, -0.15) is 11.8 Å². The molecule has 1 aromatic rings. The molecule has 0 saturated heterocycles. The molecule has 0 aliphatic heterocycles. The van der Waals surface area contributed by atoms with Crippen LogP contribution in [0.2, 0.25) is 0 Å². The van der Waals surface area contributed by atoms with Crippen molar-refractivity contribution >= 4 is 23.6 Å². The molecule has 0 spiro atoms. The highest BCUT2D eigenvalue weighted by Crippen LogP contribution is 2.11. The predicted molar refractivity (Wildman–Crippen MR) is 87.0 cm³/mol. The first kappa shape index (κ1) is 17.6. The van der Waals surface area contributed by atoms with E-state index in [4.69, 9.17) is 5.11 Å². The summed E-state index contributed by atoms with van der Waals surface area (Å²) in [4.78, 5) is 24.8. The lowest BCUT2D eigenvalue weighted by Gasteiger charge is -2.25. The number of carbonyl (C=O) groups is 2. The lowest BCUT2D eigenvalue weighted by atomic mass is 10.1. The summed E-state index contributed by atoms with van der Waals surface area (Å²) in [7, 11) is 1.83. The fourth-order valence-corrected chi connectivity index (χ4v) is 2.70. The van der Waals surface area contributed by atoms with E-state index in [0.29, 0.717) is 6.42 Å². The Hall–Kier alpha value is -1.49. The molecule has 4 nitrogen and oxygen atoms in total. The van der Waals surface area contributed by atoms with Crippen LogP contribution in [0.1, 0.15) is 36.2 Å². The van der Waals surface area contributed by atoms with Gasteiger partial charge >= 0.3 is 5.97 Å². The molecule has 1 N–H and O–H groups in total. The monoisotopic (exact) mass is 309 g/mol. The van der Waals surface area contributed by atoms with Crippen LogP contribution in [0.3, 0.4) is 0 Å². The molecule has 0 saturated carbocycles. The fraction of sp³-hybridized carbons (Fsp3) is 0.500. The lowest BCUT2D eigenvalue weighted by molar-refractivity contribution is -0.130. The van der Waals surface area contributed by atoms with Crippen molar-refractivity contribution in [3.63, 3.8) is 0 Å². The Balaban J connectivity index is 2.53. The van der Waals surface area contributed by atoms with Crippen LogP contribution in [0.4, 0.5) is 0 Å². The fourth-order valence-electron chi connectivity index (χ4n) is 1.90. The molecule has 0 heterocycles. The minimum Gasteiger partial charge on any atom is -0.478 e. The van der Waals surface area contributed by atoms with Gasteiger partial charge in [0.25, 0.3) is 0 Å². The zero-order valence-corrected chi connectivity index (χ0v) is 13.7. The third kappa shape index (κ3) is 5.79. The number of amides is 1. The number of likely N-dealkylation sites (N-methyl/N-ethyl adjacent to an activating group) is 1. The SMILES string of the molecule is CCSCCC(C)N(C)C(=O)Cc1ccc(C(=O)O)cc1. The molecule has 1 unspecified atom stereocenters. The average Bonchev–Trinajstić information content (AvgIpc) is 2.47. The van der Waals surface area contributed by atoms with Crippen molar-refractivity contribution in [2.45, 2.75) is 32.7 Å². The number of carboxylic acid groups (broad SMARTS) is 1. The van der Waals surface area contributed by atoms with Gasteiger partial charge < -0.3 is 10.0 Å². The van der Waals surface area contributed by atoms with Crippen LogP contribution in [0.15, 0.2) is 24.3 Å². The van der Waals surface area contributed by atoms with Crippen LogP contribution in [-0.2, 0) is 11.2 Å². The Kier molecular flexibility index (Phi) is 7.29. The molecule has 0 aliphatic carbocycles. The molecule has 1 aromatic carbocycles. The highest BCUT2D eigenvalue weighted by Gasteiger charge is 2.16. The van der Waals surface area contributed by atoms with Gasteiger partial charge in [-0.15, -0.1) is 0 Å². The molecular weight excluding hydrogens is 286 g/mol. The zero-order chi connectivity index (χ0) is 15.8. The van der Waals surface area contributed by atoms with Gasteiger partial charge in [0.15, 0.2) is 0 Å². The summed E-state index contributed by atoms with van der Waals surface area (Å²) < 4.78 is 0.